The van der Waals surface area contributed by atoms with Gasteiger partial charge in [-0.2, -0.15) is 0 Å². The molecule has 190 valence electrons. The molecule has 2 aromatic carbocycles. The first-order chi connectivity index (χ1) is 16.4. The smallest absolute Gasteiger partial charge is 0.303 e. The molecule has 0 saturated carbocycles. The number of anilines is 1. The minimum Gasteiger partial charge on any atom is -1.00 e. The maximum atomic E-state index is 12.5. The summed E-state index contributed by atoms with van der Waals surface area (Å²) in [5.41, 5.74) is 2.16. The van der Waals surface area contributed by atoms with Crippen molar-refractivity contribution in [3.63, 3.8) is 0 Å². The quantitative estimate of drug-likeness (QED) is 0.329. The van der Waals surface area contributed by atoms with Crippen molar-refractivity contribution < 1.29 is 35.8 Å². The molecule has 0 amide bonds. The second-order valence-corrected chi connectivity index (χ2v) is 10.4. The zero-order chi connectivity index (χ0) is 24.0. The number of carbonyl (C=O) groups is 2. The van der Waals surface area contributed by atoms with E-state index in [2.05, 4.69) is 42.2 Å². The zero-order valence-electron chi connectivity index (χ0n) is 21.1. The van der Waals surface area contributed by atoms with Crippen molar-refractivity contribution in [1.29, 1.82) is 0 Å². The van der Waals surface area contributed by atoms with E-state index in [0.29, 0.717) is 12.5 Å². The van der Waals surface area contributed by atoms with Crippen molar-refractivity contribution in [3.8, 4) is 0 Å². The second-order valence-electron chi connectivity index (χ2n) is 10.4. The number of ketones is 1. The molecule has 35 heavy (non-hydrogen) atoms. The number of nitrogens with zero attached hydrogens (tertiary/aromatic N) is 2. The molecule has 2 bridgehead atoms. The van der Waals surface area contributed by atoms with Gasteiger partial charge in [-0.3, -0.25) is 9.59 Å². The van der Waals surface area contributed by atoms with Gasteiger partial charge in [-0.15, -0.1) is 0 Å². The minimum atomic E-state index is -0.207. The third kappa shape index (κ3) is 7.40. The molecule has 4 saturated heterocycles. The van der Waals surface area contributed by atoms with Crippen LogP contribution in [0.25, 0.3) is 0 Å². The lowest BCUT2D eigenvalue weighted by Gasteiger charge is -2.51. The maximum Gasteiger partial charge on any atom is 0.303 e. The highest BCUT2D eigenvalue weighted by molar-refractivity contribution is 5.96. The van der Waals surface area contributed by atoms with Gasteiger partial charge in [0.2, 0.25) is 5.78 Å². The summed E-state index contributed by atoms with van der Waals surface area (Å²) in [6, 6.07) is 20.2. The van der Waals surface area contributed by atoms with Gasteiger partial charge in [0.25, 0.3) is 0 Å². The molecule has 6 rings (SSSR count). The van der Waals surface area contributed by atoms with Crippen LogP contribution < -0.4 is 21.9 Å². The molecule has 0 unspecified atom stereocenters. The number of carbonyl (C=O) groups excluding carboxylic acids is 2. The van der Waals surface area contributed by atoms with E-state index in [4.69, 9.17) is 4.74 Å². The highest BCUT2D eigenvalue weighted by Crippen LogP contribution is 2.35. The molecule has 0 aromatic heterocycles. The number of halogens is 1. The number of para-hydroxylation sites is 1. The molecular formula is C29H39BrN2O3. The highest BCUT2D eigenvalue weighted by atomic mass is 79.9. The van der Waals surface area contributed by atoms with E-state index in [1.165, 1.54) is 38.5 Å². The van der Waals surface area contributed by atoms with Crippen molar-refractivity contribution in [1.82, 2.24) is 0 Å². The van der Waals surface area contributed by atoms with Crippen LogP contribution in [0.4, 0.5) is 5.69 Å². The Morgan fingerprint density at radius 1 is 0.914 bits per heavy atom. The lowest BCUT2D eigenvalue weighted by molar-refractivity contribution is -0.938. The SMILES string of the molecule is CC(=O)O[C@H]1C[N+]2(CC(=O)c3ccccc3)CCC1CC2.CC1CCN(c2ccccc2)CC1.[Br-]. The van der Waals surface area contributed by atoms with Crippen LogP contribution in [0.3, 0.4) is 0 Å². The number of esters is 1. The average molecular weight is 544 g/mol. The second kappa shape index (κ2) is 12.7. The third-order valence-electron chi connectivity index (χ3n) is 7.84. The summed E-state index contributed by atoms with van der Waals surface area (Å²) in [4.78, 5) is 26.2. The number of ether oxygens (including phenoxy) is 1. The minimum absolute atomic E-state index is 0. The van der Waals surface area contributed by atoms with Gasteiger partial charge < -0.3 is 31.1 Å². The molecule has 2 aromatic rings. The van der Waals surface area contributed by atoms with Gasteiger partial charge in [0, 0.05) is 50.0 Å². The van der Waals surface area contributed by atoms with Gasteiger partial charge in [-0.1, -0.05) is 55.5 Å². The van der Waals surface area contributed by atoms with E-state index in [-0.39, 0.29) is 34.8 Å². The first-order valence-corrected chi connectivity index (χ1v) is 12.8. The Hall–Kier alpha value is -2.18. The number of fused-ring (bicyclic) bond motifs is 3. The van der Waals surface area contributed by atoms with E-state index < -0.39 is 0 Å². The van der Waals surface area contributed by atoms with Gasteiger partial charge >= 0.3 is 5.97 Å². The summed E-state index contributed by atoms with van der Waals surface area (Å²) < 4.78 is 6.25. The predicted molar refractivity (Wildman–Crippen MR) is 136 cm³/mol. The van der Waals surface area contributed by atoms with Crippen molar-refractivity contribution in [2.24, 2.45) is 11.8 Å². The molecule has 4 heterocycles. The molecule has 6 heteroatoms. The third-order valence-corrected chi connectivity index (χ3v) is 7.84. The molecule has 4 aliphatic rings. The van der Waals surface area contributed by atoms with Crippen LogP contribution in [0.2, 0.25) is 0 Å². The van der Waals surface area contributed by atoms with Crippen LogP contribution >= 0.6 is 0 Å². The van der Waals surface area contributed by atoms with E-state index in [0.717, 1.165) is 48.4 Å². The summed E-state index contributed by atoms with van der Waals surface area (Å²) in [5.74, 6) is 1.39. The molecular weight excluding hydrogens is 504 g/mol. The van der Waals surface area contributed by atoms with Crippen LogP contribution in [-0.2, 0) is 9.53 Å². The number of benzene rings is 2. The van der Waals surface area contributed by atoms with Crippen LogP contribution in [0.5, 0.6) is 0 Å². The number of rotatable bonds is 5. The normalized spacial score (nSPS) is 25.6. The molecule has 4 aliphatic heterocycles. The number of Topliss-reactive ketones (excluding diaryl/α,β-unsaturated/α-hetero) is 1. The van der Waals surface area contributed by atoms with Crippen molar-refractivity contribution in [2.75, 3.05) is 44.2 Å². The molecule has 4 fully saturated rings. The molecule has 0 spiro atoms. The fourth-order valence-electron chi connectivity index (χ4n) is 5.72. The Kier molecular flexibility index (Phi) is 9.93. The summed E-state index contributed by atoms with van der Waals surface area (Å²) >= 11 is 0. The van der Waals surface area contributed by atoms with E-state index in [1.807, 2.05) is 30.3 Å². The summed E-state index contributed by atoms with van der Waals surface area (Å²) in [6.07, 6.45) is 4.79. The number of hydrogen-bond acceptors (Lipinski definition) is 4. The lowest BCUT2D eigenvalue weighted by atomic mass is 9.83. The Morgan fingerprint density at radius 2 is 1.49 bits per heavy atom. The molecule has 1 atom stereocenters. The summed E-state index contributed by atoms with van der Waals surface area (Å²) in [6.45, 7) is 9.65. The zero-order valence-corrected chi connectivity index (χ0v) is 22.7. The van der Waals surface area contributed by atoms with E-state index in [9.17, 15) is 9.59 Å². The Morgan fingerprint density at radius 3 is 2.06 bits per heavy atom. The fraction of sp³-hybridized carbons (Fsp3) is 0.517. The number of hydrogen-bond donors (Lipinski definition) is 0. The Balaban J connectivity index is 0.000000211. The Bertz CT molecular complexity index is 937. The lowest BCUT2D eigenvalue weighted by Crippen LogP contribution is -3.00. The van der Waals surface area contributed by atoms with Gasteiger partial charge in [0.15, 0.2) is 6.10 Å². The fourth-order valence-corrected chi connectivity index (χ4v) is 5.72. The molecule has 5 nitrogen and oxygen atoms in total. The first-order valence-electron chi connectivity index (χ1n) is 12.8. The van der Waals surface area contributed by atoms with Gasteiger partial charge in [0.1, 0.15) is 13.1 Å². The number of quaternary nitrogens is 1. The summed E-state index contributed by atoms with van der Waals surface area (Å²) in [5, 5.41) is 0. The molecule has 0 radical (unpaired) electrons. The van der Waals surface area contributed by atoms with Crippen molar-refractivity contribution in [3.05, 3.63) is 66.2 Å². The van der Waals surface area contributed by atoms with Crippen LogP contribution in [0, 0.1) is 11.8 Å². The van der Waals surface area contributed by atoms with Gasteiger partial charge in [-0.05, 0) is 30.9 Å². The van der Waals surface area contributed by atoms with Crippen molar-refractivity contribution >= 4 is 17.4 Å². The highest BCUT2D eigenvalue weighted by Gasteiger charge is 2.48. The molecule has 0 aliphatic carbocycles. The number of piperidine rings is 4. The Labute approximate surface area is 220 Å². The van der Waals surface area contributed by atoms with Crippen molar-refractivity contribution in [2.45, 2.75) is 45.6 Å². The summed E-state index contributed by atoms with van der Waals surface area (Å²) in [7, 11) is 0. The van der Waals surface area contributed by atoms with Crippen LogP contribution in [0.1, 0.15) is 49.9 Å². The largest absolute Gasteiger partial charge is 1.00 e. The standard InChI is InChI=1S/C17H22NO3.C12H17N.BrH/c1-13(19)21-17-12-18(9-7-15(17)8-10-18)11-16(20)14-5-3-2-4-6-14;1-11-7-9-13(10-8-11)12-5-3-2-4-6-12;/h2-6,15,17H,7-12H2,1H3;2-6,11H,7-10H2,1H3;1H/q+1;;/p-1/t15?,17-,18?;;/m0../s1. The van der Waals surface area contributed by atoms with E-state index >= 15 is 0 Å². The van der Waals surface area contributed by atoms with Gasteiger partial charge in [0.05, 0.1) is 13.1 Å². The van der Waals surface area contributed by atoms with Crippen LogP contribution in [-0.4, -0.2) is 61.6 Å². The predicted octanol–water partition coefficient (Wildman–Crippen LogP) is 1.97. The van der Waals surface area contributed by atoms with Crippen LogP contribution in [0.15, 0.2) is 60.7 Å². The topological polar surface area (TPSA) is 46.6 Å². The van der Waals surface area contributed by atoms with E-state index in [1.54, 1.807) is 0 Å². The van der Waals surface area contributed by atoms with Gasteiger partial charge in [-0.25, -0.2) is 0 Å². The maximum absolute atomic E-state index is 12.5. The first kappa shape index (κ1) is 27.4. The monoisotopic (exact) mass is 542 g/mol. The molecule has 0 N–H and O–H groups in total. The average Bonchev–Trinajstić information content (AvgIpc) is 2.86.